The molecule has 0 saturated carbocycles. The van der Waals surface area contributed by atoms with E-state index >= 15 is 0 Å². The number of nitrogens with one attached hydrogen (secondary N) is 1. The van der Waals surface area contributed by atoms with E-state index in [1.54, 1.807) is 6.20 Å². The lowest BCUT2D eigenvalue weighted by atomic mass is 9.72. The Morgan fingerprint density at radius 2 is 2.08 bits per heavy atom. The molecule has 2 aromatic rings. The number of allylic oxidation sites excluding steroid dienone is 1. The van der Waals surface area contributed by atoms with E-state index in [1.807, 2.05) is 36.2 Å². The number of aromatic amines is 1. The van der Waals surface area contributed by atoms with Gasteiger partial charge in [-0.15, -0.1) is 0 Å². The second-order valence-electron chi connectivity index (χ2n) is 6.99. The predicted octanol–water partition coefficient (Wildman–Crippen LogP) is 2.10. The van der Waals surface area contributed by atoms with E-state index in [1.165, 1.54) is 7.11 Å². The number of rotatable bonds is 2. The fourth-order valence-corrected chi connectivity index (χ4v) is 4.41. The number of H-pyrrole nitrogens is 1. The largest absolute Gasteiger partial charge is 0.469 e. The van der Waals surface area contributed by atoms with Crippen molar-refractivity contribution < 1.29 is 19.1 Å². The van der Waals surface area contributed by atoms with Crippen LogP contribution in [0.15, 0.2) is 36.0 Å². The molecule has 6 nitrogen and oxygen atoms in total. The summed E-state index contributed by atoms with van der Waals surface area (Å²) < 4.78 is 5.03. The zero-order valence-corrected chi connectivity index (χ0v) is 14.7. The Kier molecular flexibility index (Phi) is 3.90. The zero-order valence-electron chi connectivity index (χ0n) is 14.7. The molecule has 6 heteroatoms. The number of para-hydroxylation sites is 1. The molecule has 26 heavy (non-hydrogen) atoms. The van der Waals surface area contributed by atoms with Crippen LogP contribution in [0.2, 0.25) is 0 Å². The highest BCUT2D eigenvalue weighted by molar-refractivity contribution is 6.03. The molecule has 1 aliphatic carbocycles. The lowest BCUT2D eigenvalue weighted by molar-refractivity contribution is -0.150. The van der Waals surface area contributed by atoms with Crippen molar-refractivity contribution in [2.45, 2.75) is 18.9 Å². The summed E-state index contributed by atoms with van der Waals surface area (Å²) in [6.07, 6.45) is 3.14. The fourth-order valence-electron chi connectivity index (χ4n) is 4.41. The summed E-state index contributed by atoms with van der Waals surface area (Å²) in [5.74, 6) is -1.48. The van der Waals surface area contributed by atoms with E-state index in [2.05, 4.69) is 4.98 Å². The Labute approximate surface area is 150 Å². The molecule has 4 rings (SSSR count). The number of hydrogen-bond acceptors (Lipinski definition) is 5. The van der Waals surface area contributed by atoms with Crippen molar-refractivity contribution in [3.8, 4) is 0 Å². The van der Waals surface area contributed by atoms with Gasteiger partial charge in [0.15, 0.2) is 5.78 Å². The summed E-state index contributed by atoms with van der Waals surface area (Å²) in [5, 5.41) is 0.997. The van der Waals surface area contributed by atoms with Crippen LogP contribution in [0.5, 0.6) is 0 Å². The van der Waals surface area contributed by atoms with Gasteiger partial charge in [-0.25, -0.2) is 0 Å². The monoisotopic (exact) mass is 352 g/mol. The van der Waals surface area contributed by atoms with Gasteiger partial charge in [0, 0.05) is 48.1 Å². The summed E-state index contributed by atoms with van der Waals surface area (Å²) in [5.41, 5.74) is 2.89. The molecule has 1 aromatic carbocycles. The van der Waals surface area contributed by atoms with E-state index in [-0.39, 0.29) is 24.2 Å². The number of ether oxygens (including phenoxy) is 1. The number of carbonyl (C=O) groups is 3. The van der Waals surface area contributed by atoms with Crippen molar-refractivity contribution >= 4 is 28.9 Å². The Hall–Kier alpha value is -2.89. The van der Waals surface area contributed by atoms with Crippen LogP contribution in [0.4, 0.5) is 0 Å². The van der Waals surface area contributed by atoms with E-state index in [0.29, 0.717) is 17.7 Å². The van der Waals surface area contributed by atoms with Crippen molar-refractivity contribution in [2.24, 2.45) is 11.8 Å². The summed E-state index contributed by atoms with van der Waals surface area (Å²) in [6.45, 7) is 0. The number of carbonyl (C=O) groups excluding carboxylic acids is 3. The van der Waals surface area contributed by atoms with Crippen LogP contribution < -0.4 is 0 Å². The summed E-state index contributed by atoms with van der Waals surface area (Å²) in [6, 6.07) is 7.61. The van der Waals surface area contributed by atoms with Gasteiger partial charge in [0.1, 0.15) is 6.29 Å². The van der Waals surface area contributed by atoms with Crippen molar-refractivity contribution in [3.05, 3.63) is 47.3 Å². The van der Waals surface area contributed by atoms with Crippen LogP contribution in [0.25, 0.3) is 10.9 Å². The molecular formula is C20H20N2O4. The molecule has 0 radical (unpaired) electrons. The molecule has 2 bridgehead atoms. The van der Waals surface area contributed by atoms with Crippen molar-refractivity contribution in [3.63, 3.8) is 0 Å². The number of Topliss-reactive ketones (excluding diaryl/α,β-unsaturated/α-hetero) is 1. The van der Waals surface area contributed by atoms with Crippen LogP contribution in [-0.2, 0) is 20.7 Å². The van der Waals surface area contributed by atoms with Crippen molar-refractivity contribution in [1.82, 2.24) is 9.88 Å². The SMILES string of the molecule is COC(=O)[C@@H]1[C@H]2CC(=O)c3[nH]c4ccccc4c3C[C@@H]1N(C)C=C2C=O. The second-order valence-corrected chi connectivity index (χ2v) is 6.99. The number of fused-ring (bicyclic) bond motifs is 5. The minimum absolute atomic E-state index is 0.0779. The number of likely N-dealkylation sites (N-methyl/N-ethyl adjacent to an activating group) is 1. The van der Waals surface area contributed by atoms with Gasteiger partial charge in [0.05, 0.1) is 18.7 Å². The van der Waals surface area contributed by atoms with E-state index in [4.69, 9.17) is 4.74 Å². The Morgan fingerprint density at radius 3 is 2.81 bits per heavy atom. The maximum absolute atomic E-state index is 13.0. The van der Waals surface area contributed by atoms with Gasteiger partial charge in [-0.2, -0.15) is 0 Å². The number of ketones is 1. The molecule has 0 spiro atoms. The number of methoxy groups -OCH3 is 1. The molecule has 2 heterocycles. The third-order valence-electron chi connectivity index (χ3n) is 5.67. The molecule has 2 aliphatic rings. The molecule has 0 saturated heterocycles. The number of aldehydes is 1. The van der Waals surface area contributed by atoms with E-state index in [0.717, 1.165) is 22.8 Å². The molecule has 1 N–H and O–H groups in total. The van der Waals surface area contributed by atoms with Gasteiger partial charge in [-0.05, 0) is 18.1 Å². The number of esters is 1. The average molecular weight is 352 g/mol. The third kappa shape index (κ3) is 2.36. The van der Waals surface area contributed by atoms with Crippen LogP contribution in [-0.4, -0.2) is 48.1 Å². The van der Waals surface area contributed by atoms with Crippen LogP contribution in [0.3, 0.4) is 0 Å². The molecule has 1 aliphatic heterocycles. The van der Waals surface area contributed by atoms with Crippen molar-refractivity contribution in [1.29, 1.82) is 0 Å². The van der Waals surface area contributed by atoms with E-state index in [9.17, 15) is 14.4 Å². The average Bonchev–Trinajstić information content (AvgIpc) is 3.01. The van der Waals surface area contributed by atoms with Crippen LogP contribution in [0.1, 0.15) is 22.5 Å². The predicted molar refractivity (Wildman–Crippen MR) is 95.6 cm³/mol. The lowest BCUT2D eigenvalue weighted by Crippen LogP contribution is -2.50. The Morgan fingerprint density at radius 1 is 1.31 bits per heavy atom. The first-order chi connectivity index (χ1) is 12.5. The standard InChI is InChI=1S/C20H20N2O4/c1-22-9-11(10-23)13-8-17(24)19-14(7-16(22)18(13)20(25)26-2)12-5-3-4-6-15(12)21-19/h3-6,9-10,13,16,18,21H,7-8H2,1-2H3/t13-,16-,18+/m0/s1. The summed E-state index contributed by atoms with van der Waals surface area (Å²) in [7, 11) is 3.21. The third-order valence-corrected chi connectivity index (χ3v) is 5.67. The number of nitrogens with zero attached hydrogens (tertiary/aromatic N) is 1. The fraction of sp³-hybridized carbons (Fsp3) is 0.350. The first-order valence-corrected chi connectivity index (χ1v) is 8.64. The van der Waals surface area contributed by atoms with Gasteiger partial charge in [-0.3, -0.25) is 14.4 Å². The van der Waals surface area contributed by atoms with E-state index < -0.39 is 11.8 Å². The molecule has 134 valence electrons. The molecule has 0 unspecified atom stereocenters. The van der Waals surface area contributed by atoms with Crippen LogP contribution in [0, 0.1) is 11.8 Å². The Balaban J connectivity index is 1.92. The number of aromatic nitrogens is 1. The topological polar surface area (TPSA) is 79.5 Å². The second kappa shape index (κ2) is 6.12. The normalized spacial score (nSPS) is 25.2. The zero-order chi connectivity index (χ0) is 18.4. The molecule has 0 fully saturated rings. The summed E-state index contributed by atoms with van der Waals surface area (Å²) in [4.78, 5) is 42.3. The smallest absolute Gasteiger partial charge is 0.311 e. The number of benzene rings is 1. The van der Waals surface area contributed by atoms with Gasteiger partial charge < -0.3 is 14.6 Å². The maximum Gasteiger partial charge on any atom is 0.311 e. The highest BCUT2D eigenvalue weighted by Crippen LogP contribution is 2.40. The highest BCUT2D eigenvalue weighted by Gasteiger charge is 2.46. The van der Waals surface area contributed by atoms with Gasteiger partial charge >= 0.3 is 5.97 Å². The first kappa shape index (κ1) is 16.6. The maximum atomic E-state index is 13.0. The molecular weight excluding hydrogens is 332 g/mol. The van der Waals surface area contributed by atoms with Crippen LogP contribution >= 0.6 is 0 Å². The molecule has 3 atom stereocenters. The van der Waals surface area contributed by atoms with Gasteiger partial charge in [-0.1, -0.05) is 18.2 Å². The highest BCUT2D eigenvalue weighted by atomic mass is 16.5. The quantitative estimate of drug-likeness (QED) is 0.661. The Bertz CT molecular complexity index is 942. The summed E-state index contributed by atoms with van der Waals surface area (Å²) >= 11 is 0. The van der Waals surface area contributed by atoms with Crippen molar-refractivity contribution in [2.75, 3.05) is 14.2 Å². The molecule has 0 amide bonds. The van der Waals surface area contributed by atoms with Gasteiger partial charge in [0.2, 0.25) is 0 Å². The number of hydrogen-bond donors (Lipinski definition) is 1. The minimum atomic E-state index is -0.555. The molecule has 1 aromatic heterocycles. The minimum Gasteiger partial charge on any atom is -0.469 e. The van der Waals surface area contributed by atoms with Gasteiger partial charge in [0.25, 0.3) is 0 Å². The first-order valence-electron chi connectivity index (χ1n) is 8.64. The lowest BCUT2D eigenvalue weighted by Gasteiger charge is -2.42.